The van der Waals surface area contributed by atoms with E-state index < -0.39 is 5.82 Å². The van der Waals surface area contributed by atoms with Gasteiger partial charge >= 0.3 is 0 Å². The van der Waals surface area contributed by atoms with Gasteiger partial charge in [0.1, 0.15) is 17.3 Å². The number of carbonyl (C=O) groups excluding carboxylic acids is 1. The average molecular weight is 453 g/mol. The molecule has 1 amide bonds. The van der Waals surface area contributed by atoms with Crippen LogP contribution >= 0.6 is 11.8 Å². The molecule has 0 saturated heterocycles. The van der Waals surface area contributed by atoms with E-state index in [-0.39, 0.29) is 18.0 Å². The zero-order valence-electron chi connectivity index (χ0n) is 17.3. The minimum absolute atomic E-state index is 0.170. The lowest BCUT2D eigenvalue weighted by molar-refractivity contribution is -0.115. The number of methoxy groups -OCH3 is 1. The third-order valence-corrected chi connectivity index (χ3v) is 5.62. The zero-order valence-corrected chi connectivity index (χ0v) is 18.1. The molecule has 0 fully saturated rings. The molecule has 0 atom stereocenters. The van der Waals surface area contributed by atoms with Gasteiger partial charge in [-0.15, -0.1) is 10.2 Å². The van der Waals surface area contributed by atoms with Crippen molar-refractivity contribution in [1.29, 1.82) is 0 Å². The maximum Gasteiger partial charge on any atom is 0.225 e. The van der Waals surface area contributed by atoms with Crippen LogP contribution in [0.2, 0.25) is 0 Å². The molecule has 9 heteroatoms. The summed E-state index contributed by atoms with van der Waals surface area (Å²) in [6.07, 6.45) is 1.81. The molecule has 0 radical (unpaired) electrons. The number of aromatic nitrogens is 3. The number of nitrogens with zero attached hydrogens (tertiary/aromatic N) is 3. The molecule has 0 saturated carbocycles. The first-order chi connectivity index (χ1) is 15.6. The Bertz CT molecular complexity index is 1190. The zero-order chi connectivity index (χ0) is 22.3. The number of carbonyl (C=O) groups is 1. The minimum atomic E-state index is -0.463. The number of halogens is 1. The number of furan rings is 1. The summed E-state index contributed by atoms with van der Waals surface area (Å²) in [5, 5.41) is 11.9. The molecule has 0 aliphatic carbocycles. The number of amides is 1. The van der Waals surface area contributed by atoms with E-state index in [9.17, 15) is 9.18 Å². The second kappa shape index (κ2) is 10.1. The minimum Gasteiger partial charge on any atom is -0.497 e. The molecule has 1 N–H and O–H groups in total. The van der Waals surface area contributed by atoms with Crippen LogP contribution in [0.1, 0.15) is 12.2 Å². The highest BCUT2D eigenvalue weighted by atomic mass is 32.2. The molecular formula is C23H21FN4O3S. The van der Waals surface area contributed by atoms with Crippen LogP contribution in [0.3, 0.4) is 0 Å². The van der Waals surface area contributed by atoms with E-state index in [1.165, 1.54) is 23.9 Å². The Morgan fingerprint density at radius 3 is 2.81 bits per heavy atom. The number of benzene rings is 2. The van der Waals surface area contributed by atoms with Crippen molar-refractivity contribution in [3.63, 3.8) is 0 Å². The van der Waals surface area contributed by atoms with E-state index >= 15 is 0 Å². The summed E-state index contributed by atoms with van der Waals surface area (Å²) in [5.41, 5.74) is 1.02. The summed E-state index contributed by atoms with van der Waals surface area (Å²) in [6.45, 7) is 0.441. The summed E-state index contributed by atoms with van der Waals surface area (Å²) in [5.74, 6) is 1.86. The fraction of sp³-hybridized carbons (Fsp3) is 0.174. The summed E-state index contributed by atoms with van der Waals surface area (Å²) < 4.78 is 26.5. The molecule has 0 aliphatic heterocycles. The van der Waals surface area contributed by atoms with Crippen LogP contribution in [0.15, 0.2) is 76.5 Å². The van der Waals surface area contributed by atoms with Gasteiger partial charge in [0.15, 0.2) is 11.0 Å². The molecule has 2 heterocycles. The second-order valence-electron chi connectivity index (χ2n) is 6.83. The van der Waals surface area contributed by atoms with Crippen molar-refractivity contribution in [3.8, 4) is 17.1 Å². The van der Waals surface area contributed by atoms with Crippen LogP contribution in [-0.4, -0.2) is 33.5 Å². The number of nitrogens with one attached hydrogen (secondary N) is 1. The lowest BCUT2D eigenvalue weighted by Gasteiger charge is -2.10. The standard InChI is InChI=1S/C23H21FN4O3S/c1-30-17-7-4-6-16(14-17)22-26-27-23(28(22)15-18-8-5-12-31-18)32-13-11-21(29)25-20-10-3-2-9-19(20)24/h2-10,12,14H,11,13,15H2,1H3,(H,25,29). The summed E-state index contributed by atoms with van der Waals surface area (Å²) in [6, 6.07) is 17.4. The topological polar surface area (TPSA) is 82.2 Å². The fourth-order valence-electron chi connectivity index (χ4n) is 3.08. The first-order valence-corrected chi connectivity index (χ1v) is 10.9. The van der Waals surface area contributed by atoms with Gasteiger partial charge in [-0.1, -0.05) is 36.0 Å². The van der Waals surface area contributed by atoms with Gasteiger partial charge in [0, 0.05) is 17.7 Å². The van der Waals surface area contributed by atoms with E-state index in [1.807, 2.05) is 41.0 Å². The van der Waals surface area contributed by atoms with E-state index in [4.69, 9.17) is 9.15 Å². The molecular weight excluding hydrogens is 431 g/mol. The fourth-order valence-corrected chi connectivity index (χ4v) is 3.96. The molecule has 2 aromatic carbocycles. The average Bonchev–Trinajstić information content (AvgIpc) is 3.46. The Hall–Kier alpha value is -3.59. The highest BCUT2D eigenvalue weighted by Crippen LogP contribution is 2.28. The van der Waals surface area contributed by atoms with Crippen molar-refractivity contribution in [2.24, 2.45) is 0 Å². The van der Waals surface area contributed by atoms with E-state index in [1.54, 1.807) is 25.5 Å². The van der Waals surface area contributed by atoms with Gasteiger partial charge in [-0.25, -0.2) is 4.39 Å². The molecule has 2 aromatic heterocycles. The van der Waals surface area contributed by atoms with Crippen LogP contribution in [0.5, 0.6) is 5.75 Å². The maximum absolute atomic E-state index is 13.7. The SMILES string of the molecule is COc1cccc(-c2nnc(SCCC(=O)Nc3ccccc3F)n2Cc2ccco2)c1. The van der Waals surface area contributed by atoms with Crippen LogP contribution in [-0.2, 0) is 11.3 Å². The van der Waals surface area contributed by atoms with Crippen LogP contribution in [0.4, 0.5) is 10.1 Å². The van der Waals surface area contributed by atoms with Gasteiger partial charge in [-0.2, -0.15) is 0 Å². The third kappa shape index (κ3) is 5.17. The molecule has 0 unspecified atom stereocenters. The molecule has 4 aromatic rings. The quantitative estimate of drug-likeness (QED) is 0.366. The summed E-state index contributed by atoms with van der Waals surface area (Å²) >= 11 is 1.40. The van der Waals surface area contributed by atoms with Gasteiger partial charge in [0.2, 0.25) is 5.91 Å². The van der Waals surface area contributed by atoms with Gasteiger partial charge in [0.05, 0.1) is 25.6 Å². The number of hydrogen-bond donors (Lipinski definition) is 1. The lowest BCUT2D eigenvalue weighted by Crippen LogP contribution is -2.13. The highest BCUT2D eigenvalue weighted by Gasteiger charge is 2.17. The molecule has 4 rings (SSSR count). The molecule has 0 aliphatic rings. The summed E-state index contributed by atoms with van der Waals surface area (Å²) in [4.78, 5) is 12.2. The van der Waals surface area contributed by atoms with Crippen LogP contribution in [0, 0.1) is 5.82 Å². The maximum atomic E-state index is 13.7. The third-order valence-electron chi connectivity index (χ3n) is 4.65. The Morgan fingerprint density at radius 1 is 1.16 bits per heavy atom. The smallest absolute Gasteiger partial charge is 0.225 e. The Kier molecular flexibility index (Phi) is 6.86. The normalized spacial score (nSPS) is 10.8. The Labute approximate surface area is 188 Å². The molecule has 0 spiro atoms. The van der Waals surface area contributed by atoms with Crippen LogP contribution in [0.25, 0.3) is 11.4 Å². The second-order valence-corrected chi connectivity index (χ2v) is 7.89. The summed E-state index contributed by atoms with van der Waals surface area (Å²) in [7, 11) is 1.61. The largest absolute Gasteiger partial charge is 0.497 e. The molecule has 7 nitrogen and oxygen atoms in total. The van der Waals surface area contributed by atoms with E-state index in [2.05, 4.69) is 15.5 Å². The van der Waals surface area contributed by atoms with Crippen molar-refractivity contribution in [2.75, 3.05) is 18.2 Å². The van der Waals surface area contributed by atoms with E-state index in [0.717, 1.165) is 11.3 Å². The molecule has 0 bridgehead atoms. The molecule has 32 heavy (non-hydrogen) atoms. The lowest BCUT2D eigenvalue weighted by atomic mass is 10.2. The number of anilines is 1. The van der Waals surface area contributed by atoms with Crippen molar-refractivity contribution < 1.29 is 18.3 Å². The predicted molar refractivity (Wildman–Crippen MR) is 120 cm³/mol. The first kappa shape index (κ1) is 21.6. The Morgan fingerprint density at radius 2 is 2.03 bits per heavy atom. The first-order valence-electron chi connectivity index (χ1n) is 9.91. The molecule has 164 valence electrons. The Balaban J connectivity index is 1.48. The van der Waals surface area contributed by atoms with Crippen molar-refractivity contribution in [3.05, 3.63) is 78.5 Å². The van der Waals surface area contributed by atoms with Crippen LogP contribution < -0.4 is 10.1 Å². The number of hydrogen-bond acceptors (Lipinski definition) is 6. The number of ether oxygens (including phenoxy) is 1. The van der Waals surface area contributed by atoms with Gasteiger partial charge in [0.25, 0.3) is 0 Å². The number of rotatable bonds is 9. The highest BCUT2D eigenvalue weighted by molar-refractivity contribution is 7.99. The van der Waals surface area contributed by atoms with Gasteiger partial charge < -0.3 is 14.5 Å². The number of para-hydroxylation sites is 1. The van der Waals surface area contributed by atoms with Crippen molar-refractivity contribution >= 4 is 23.4 Å². The number of thioether (sulfide) groups is 1. The van der Waals surface area contributed by atoms with Gasteiger partial charge in [-0.3, -0.25) is 9.36 Å². The predicted octanol–water partition coefficient (Wildman–Crippen LogP) is 4.86. The monoisotopic (exact) mass is 452 g/mol. The van der Waals surface area contributed by atoms with E-state index in [0.29, 0.717) is 29.0 Å². The van der Waals surface area contributed by atoms with Crippen molar-refractivity contribution in [1.82, 2.24) is 14.8 Å². The van der Waals surface area contributed by atoms with Gasteiger partial charge in [-0.05, 0) is 36.4 Å². The van der Waals surface area contributed by atoms with Crippen molar-refractivity contribution in [2.45, 2.75) is 18.1 Å².